The summed E-state index contributed by atoms with van der Waals surface area (Å²) in [6, 6.07) is 16.9. The van der Waals surface area contributed by atoms with E-state index in [0.29, 0.717) is 40.7 Å². The van der Waals surface area contributed by atoms with Gasteiger partial charge in [0.05, 0.1) is 5.52 Å². The van der Waals surface area contributed by atoms with E-state index in [1.54, 1.807) is 43.9 Å². The summed E-state index contributed by atoms with van der Waals surface area (Å²) in [7, 11) is 0. The van der Waals surface area contributed by atoms with Crippen LogP contribution in [-0.4, -0.2) is 44.9 Å². The first-order chi connectivity index (χ1) is 20.8. The molecule has 0 aliphatic carbocycles. The van der Waals surface area contributed by atoms with Crippen molar-refractivity contribution in [1.29, 1.82) is 0 Å². The van der Waals surface area contributed by atoms with Gasteiger partial charge in [-0.1, -0.05) is 36.4 Å². The third kappa shape index (κ3) is 6.09. The molecule has 2 heterocycles. The van der Waals surface area contributed by atoms with Gasteiger partial charge in [-0.2, -0.15) is 0 Å². The minimum absolute atomic E-state index is 0.0448. The van der Waals surface area contributed by atoms with Crippen LogP contribution in [-0.2, 0) is 38.8 Å². The van der Waals surface area contributed by atoms with Crippen molar-refractivity contribution in [3.8, 4) is 11.1 Å². The topological polar surface area (TPSA) is 151 Å². The zero-order chi connectivity index (χ0) is 31.8. The first kappa shape index (κ1) is 30.6. The van der Waals surface area contributed by atoms with Crippen molar-refractivity contribution in [3.05, 3.63) is 88.9 Å². The molecule has 4 aromatic rings. The second-order valence-corrected chi connectivity index (χ2v) is 12.0. The maximum absolute atomic E-state index is 14.6. The molecule has 1 aliphatic rings. The number of rotatable bonds is 7. The Morgan fingerprint density at radius 2 is 1.61 bits per heavy atom. The molecule has 5 rings (SSSR count). The molecule has 3 aromatic carbocycles. The number of hydrogen-bond acceptors (Lipinski definition) is 9. The summed E-state index contributed by atoms with van der Waals surface area (Å²) < 4.78 is 25.5. The molecule has 0 radical (unpaired) electrons. The third-order valence-corrected chi connectivity index (χ3v) is 7.49. The summed E-state index contributed by atoms with van der Waals surface area (Å²) in [4.78, 5) is 49.9. The lowest BCUT2D eigenvalue weighted by Gasteiger charge is -2.28. The van der Waals surface area contributed by atoms with E-state index in [9.17, 15) is 18.8 Å². The Hall–Kier alpha value is -4.90. The van der Waals surface area contributed by atoms with Crippen molar-refractivity contribution < 1.29 is 28.2 Å². The Morgan fingerprint density at radius 1 is 0.932 bits per heavy atom. The summed E-state index contributed by atoms with van der Waals surface area (Å²) in [5.74, 6) is -2.54. The molecule has 1 atom stereocenters. The maximum atomic E-state index is 14.6. The van der Waals surface area contributed by atoms with E-state index in [0.717, 1.165) is 11.1 Å². The van der Waals surface area contributed by atoms with E-state index in [4.69, 9.17) is 20.9 Å². The van der Waals surface area contributed by atoms with Crippen molar-refractivity contribution in [3.63, 3.8) is 0 Å². The lowest BCUT2D eigenvalue weighted by Crippen LogP contribution is -2.47. The molecular formula is C33H34FN5O5. The molecule has 0 spiro atoms. The number of ether oxygens (including phenoxy) is 2. The molecule has 44 heavy (non-hydrogen) atoms. The minimum atomic E-state index is -1.74. The first-order valence-electron chi connectivity index (χ1n) is 14.1. The van der Waals surface area contributed by atoms with Crippen LogP contribution in [0.3, 0.4) is 0 Å². The number of hydrogen-bond donors (Lipinski definition) is 2. The van der Waals surface area contributed by atoms with Crippen LogP contribution < -0.4 is 11.5 Å². The van der Waals surface area contributed by atoms with Gasteiger partial charge >= 0.3 is 11.9 Å². The van der Waals surface area contributed by atoms with Gasteiger partial charge in [-0.3, -0.25) is 14.4 Å². The molecule has 228 valence electrons. The molecule has 1 aromatic heterocycles. The van der Waals surface area contributed by atoms with Gasteiger partial charge in [0.1, 0.15) is 23.7 Å². The molecule has 0 fully saturated rings. The Labute approximate surface area is 254 Å². The van der Waals surface area contributed by atoms with E-state index in [-0.39, 0.29) is 30.7 Å². The van der Waals surface area contributed by atoms with Gasteiger partial charge in [0.25, 0.3) is 5.91 Å². The summed E-state index contributed by atoms with van der Waals surface area (Å²) in [5, 5.41) is 0.436. The first-order valence-corrected chi connectivity index (χ1v) is 14.1. The fourth-order valence-electron chi connectivity index (χ4n) is 4.99. The second kappa shape index (κ2) is 11.6. The number of nitrogen functional groups attached to an aromatic ring is 1. The summed E-state index contributed by atoms with van der Waals surface area (Å²) >= 11 is 0. The molecule has 0 saturated carbocycles. The highest BCUT2D eigenvalue weighted by Crippen LogP contribution is 2.32. The Bertz CT molecular complexity index is 1760. The predicted molar refractivity (Wildman–Crippen MR) is 162 cm³/mol. The van der Waals surface area contributed by atoms with Gasteiger partial charge in [0, 0.05) is 25.0 Å². The van der Waals surface area contributed by atoms with E-state index in [1.165, 1.54) is 25.1 Å². The highest BCUT2D eigenvalue weighted by atomic mass is 19.1. The smallest absolute Gasteiger partial charge is 0.325 e. The van der Waals surface area contributed by atoms with Crippen LogP contribution in [0.1, 0.15) is 54.9 Å². The van der Waals surface area contributed by atoms with E-state index >= 15 is 0 Å². The van der Waals surface area contributed by atoms with Gasteiger partial charge < -0.3 is 25.8 Å². The van der Waals surface area contributed by atoms with E-state index in [1.807, 2.05) is 24.3 Å². The van der Waals surface area contributed by atoms with Crippen LogP contribution in [0.15, 0.2) is 60.7 Å². The van der Waals surface area contributed by atoms with E-state index < -0.39 is 28.8 Å². The van der Waals surface area contributed by atoms with Crippen LogP contribution in [0.5, 0.6) is 0 Å². The number of amides is 1. The van der Waals surface area contributed by atoms with Crippen molar-refractivity contribution in [1.82, 2.24) is 14.9 Å². The lowest BCUT2D eigenvalue weighted by atomic mass is 9.90. The SMILES string of the molecule is CC(C)(C)OC(=O)C(C)(CN)C(=O)OCc1ccc(F)cc1-c1ccc2nc(N)nc(C(=O)N3Cc4ccccc4C3)c2c1. The number of nitrogens with zero attached hydrogens (tertiary/aromatic N) is 3. The van der Waals surface area contributed by atoms with Crippen molar-refractivity contribution in [2.75, 3.05) is 12.3 Å². The molecule has 11 heteroatoms. The lowest BCUT2D eigenvalue weighted by molar-refractivity contribution is -0.178. The van der Waals surface area contributed by atoms with Crippen LogP contribution in [0.25, 0.3) is 22.0 Å². The largest absolute Gasteiger partial charge is 0.460 e. The molecule has 1 aliphatic heterocycles. The fourth-order valence-corrected chi connectivity index (χ4v) is 4.99. The Morgan fingerprint density at radius 3 is 2.25 bits per heavy atom. The number of nitrogens with two attached hydrogens (primary N) is 2. The summed E-state index contributed by atoms with van der Waals surface area (Å²) in [5.41, 5.74) is 13.3. The summed E-state index contributed by atoms with van der Waals surface area (Å²) in [6.45, 7) is 6.68. The molecular weight excluding hydrogens is 565 g/mol. The van der Waals surface area contributed by atoms with Gasteiger partial charge in [0.2, 0.25) is 5.95 Å². The monoisotopic (exact) mass is 599 g/mol. The standard InChI is InChI=1S/C33H34FN5O5/c1-32(2,3)44-30(42)33(4,18-35)29(41)43-17-22-9-11-23(34)14-24(22)19-10-12-26-25(13-19)27(38-31(36)37-26)28(40)39-15-20-7-5-6-8-21(20)16-39/h5-14H,15-18,35H2,1-4H3,(H2,36,37,38). The predicted octanol–water partition coefficient (Wildman–Crippen LogP) is 4.52. The zero-order valence-electron chi connectivity index (χ0n) is 25.0. The average molecular weight is 600 g/mol. The molecule has 10 nitrogen and oxygen atoms in total. The number of carbonyl (C=O) groups excluding carboxylic acids is 3. The molecule has 1 unspecified atom stereocenters. The summed E-state index contributed by atoms with van der Waals surface area (Å²) in [6.07, 6.45) is 0. The number of anilines is 1. The number of fused-ring (bicyclic) bond motifs is 2. The Kier molecular flexibility index (Phi) is 8.09. The van der Waals surface area contributed by atoms with Crippen molar-refractivity contribution >= 4 is 34.7 Å². The van der Waals surface area contributed by atoms with Crippen molar-refractivity contribution in [2.24, 2.45) is 11.1 Å². The van der Waals surface area contributed by atoms with Gasteiger partial charge in [-0.05, 0) is 79.8 Å². The number of aromatic nitrogens is 2. The molecule has 4 N–H and O–H groups in total. The maximum Gasteiger partial charge on any atom is 0.325 e. The number of carbonyl (C=O) groups is 3. The minimum Gasteiger partial charge on any atom is -0.460 e. The Balaban J connectivity index is 1.46. The number of esters is 2. The number of halogens is 1. The van der Waals surface area contributed by atoms with Gasteiger partial charge in [-0.25, -0.2) is 14.4 Å². The molecule has 0 bridgehead atoms. The van der Waals surface area contributed by atoms with Crippen LogP contribution >= 0.6 is 0 Å². The number of benzene rings is 3. The third-order valence-electron chi connectivity index (χ3n) is 7.49. The van der Waals surface area contributed by atoms with Gasteiger partial charge in [-0.15, -0.1) is 0 Å². The van der Waals surface area contributed by atoms with E-state index in [2.05, 4.69) is 9.97 Å². The zero-order valence-corrected chi connectivity index (χ0v) is 25.0. The van der Waals surface area contributed by atoms with Crippen molar-refractivity contribution in [2.45, 2.75) is 53.0 Å². The molecule has 1 amide bonds. The van der Waals surface area contributed by atoms with Gasteiger partial charge in [0.15, 0.2) is 5.41 Å². The quantitative estimate of drug-likeness (QED) is 0.231. The highest BCUT2D eigenvalue weighted by Gasteiger charge is 2.45. The normalized spacial score (nSPS) is 14.2. The highest BCUT2D eigenvalue weighted by molar-refractivity contribution is 6.06. The van der Waals surface area contributed by atoms with Crippen LogP contribution in [0, 0.1) is 11.2 Å². The van der Waals surface area contributed by atoms with Crippen LogP contribution in [0.2, 0.25) is 0 Å². The van der Waals surface area contributed by atoms with Crippen LogP contribution in [0.4, 0.5) is 10.3 Å². The molecule has 0 saturated heterocycles. The average Bonchev–Trinajstić information content (AvgIpc) is 3.42. The second-order valence-electron chi connectivity index (χ2n) is 12.0. The fraction of sp³-hybridized carbons (Fsp3) is 0.303.